The van der Waals surface area contributed by atoms with Crippen LogP contribution in [0.1, 0.15) is 0 Å². The zero-order chi connectivity index (χ0) is 13.5. The Morgan fingerprint density at radius 2 is 1.89 bits per heavy atom. The molecule has 2 aliphatic rings. The SMILES string of the molecule is CS(=O)(=O)C1=CC=CC2=CN(c3ccccc3)[C]N21. The zero-order valence-electron chi connectivity index (χ0n) is 10.3. The van der Waals surface area contributed by atoms with Crippen molar-refractivity contribution < 1.29 is 8.42 Å². The van der Waals surface area contributed by atoms with Gasteiger partial charge in [0.25, 0.3) is 0 Å². The molecule has 19 heavy (non-hydrogen) atoms. The van der Waals surface area contributed by atoms with E-state index in [0.717, 1.165) is 11.4 Å². The van der Waals surface area contributed by atoms with Crippen LogP contribution < -0.4 is 4.90 Å². The Bertz CT molecular complexity index is 687. The number of fused-ring (bicyclic) bond motifs is 1. The van der Waals surface area contributed by atoms with Gasteiger partial charge >= 0.3 is 0 Å². The number of hydrogen-bond acceptors (Lipinski definition) is 4. The maximum atomic E-state index is 11.7. The Kier molecular flexibility index (Phi) is 2.71. The van der Waals surface area contributed by atoms with Gasteiger partial charge in [-0.3, -0.25) is 4.90 Å². The van der Waals surface area contributed by atoms with Crippen LogP contribution in [0, 0.1) is 6.67 Å². The molecular formula is C14H12N2O2S. The van der Waals surface area contributed by atoms with Gasteiger partial charge in [-0.05, 0) is 24.3 Å². The summed E-state index contributed by atoms with van der Waals surface area (Å²) in [6, 6.07) is 9.67. The van der Waals surface area contributed by atoms with Crippen molar-refractivity contribution >= 4 is 15.5 Å². The van der Waals surface area contributed by atoms with Crippen molar-refractivity contribution in [3.8, 4) is 0 Å². The van der Waals surface area contributed by atoms with Crippen molar-refractivity contribution in [1.82, 2.24) is 4.90 Å². The van der Waals surface area contributed by atoms with Crippen molar-refractivity contribution in [2.75, 3.05) is 11.2 Å². The van der Waals surface area contributed by atoms with Gasteiger partial charge < -0.3 is 4.90 Å². The lowest BCUT2D eigenvalue weighted by molar-refractivity contribution is 0.549. The molecule has 2 radical (unpaired) electrons. The standard InChI is InChI=1S/C14H12N2O2S/c1-19(17,18)14-9-5-8-13-10-15(11-16(13)14)12-6-3-2-4-7-12/h2-10H,1H3. The molecule has 0 fully saturated rings. The number of hydrogen-bond donors (Lipinski definition) is 0. The lowest BCUT2D eigenvalue weighted by Crippen LogP contribution is -2.25. The van der Waals surface area contributed by atoms with E-state index < -0.39 is 9.84 Å². The summed E-state index contributed by atoms with van der Waals surface area (Å²) >= 11 is 0. The maximum absolute atomic E-state index is 11.7. The van der Waals surface area contributed by atoms with Crippen molar-refractivity contribution in [2.24, 2.45) is 0 Å². The molecule has 0 saturated heterocycles. The van der Waals surface area contributed by atoms with Gasteiger partial charge in [-0.1, -0.05) is 24.3 Å². The highest BCUT2D eigenvalue weighted by atomic mass is 32.2. The monoisotopic (exact) mass is 272 g/mol. The number of allylic oxidation sites excluding steroid dienone is 3. The van der Waals surface area contributed by atoms with Crippen LogP contribution in [0.4, 0.5) is 5.69 Å². The molecule has 0 aromatic heterocycles. The number of rotatable bonds is 2. The first kappa shape index (κ1) is 12.0. The van der Waals surface area contributed by atoms with Crippen molar-refractivity contribution in [3.05, 3.63) is 72.2 Å². The predicted octanol–water partition coefficient (Wildman–Crippen LogP) is 2.10. The lowest BCUT2D eigenvalue weighted by atomic mass is 10.3. The molecule has 2 heterocycles. The summed E-state index contributed by atoms with van der Waals surface area (Å²) in [5, 5.41) is 0.236. The average molecular weight is 272 g/mol. The highest BCUT2D eigenvalue weighted by Crippen LogP contribution is 2.33. The predicted molar refractivity (Wildman–Crippen MR) is 74.2 cm³/mol. The number of anilines is 1. The minimum absolute atomic E-state index is 0.236. The van der Waals surface area contributed by atoms with Crippen LogP contribution in [-0.2, 0) is 9.84 Å². The summed E-state index contributed by atoms with van der Waals surface area (Å²) in [4.78, 5) is 3.34. The van der Waals surface area contributed by atoms with Crippen LogP contribution in [0.5, 0.6) is 0 Å². The molecule has 0 spiro atoms. The van der Waals surface area contributed by atoms with Crippen molar-refractivity contribution in [2.45, 2.75) is 0 Å². The first-order valence-corrected chi connectivity index (χ1v) is 7.66. The third kappa shape index (κ3) is 2.17. The summed E-state index contributed by atoms with van der Waals surface area (Å²) in [6.45, 7) is 3.04. The number of nitrogens with zero attached hydrogens (tertiary/aromatic N) is 2. The smallest absolute Gasteiger partial charge is 0.218 e. The van der Waals surface area contributed by atoms with E-state index in [9.17, 15) is 8.42 Å². The second-order valence-electron chi connectivity index (χ2n) is 4.33. The van der Waals surface area contributed by atoms with Gasteiger partial charge in [-0.25, -0.2) is 8.42 Å². The summed E-state index contributed by atoms with van der Waals surface area (Å²) in [5.74, 6) is 0. The Morgan fingerprint density at radius 1 is 1.16 bits per heavy atom. The molecule has 3 rings (SSSR count). The summed E-state index contributed by atoms with van der Waals surface area (Å²) in [7, 11) is -3.28. The lowest BCUT2D eigenvalue weighted by Gasteiger charge is -2.23. The quantitative estimate of drug-likeness (QED) is 0.826. The van der Waals surface area contributed by atoms with E-state index in [1.54, 1.807) is 22.0 Å². The third-order valence-electron chi connectivity index (χ3n) is 2.87. The number of para-hydroxylation sites is 1. The van der Waals surface area contributed by atoms with E-state index in [0.29, 0.717) is 0 Å². The molecule has 2 aliphatic heterocycles. The van der Waals surface area contributed by atoms with E-state index in [1.165, 1.54) is 6.26 Å². The fourth-order valence-corrected chi connectivity index (χ4v) is 2.80. The van der Waals surface area contributed by atoms with E-state index in [1.807, 2.05) is 42.6 Å². The van der Waals surface area contributed by atoms with Gasteiger partial charge in [0.1, 0.15) is 5.03 Å². The van der Waals surface area contributed by atoms with Crippen LogP contribution in [0.15, 0.2) is 65.5 Å². The van der Waals surface area contributed by atoms with E-state index in [4.69, 9.17) is 0 Å². The van der Waals surface area contributed by atoms with Crippen molar-refractivity contribution in [1.29, 1.82) is 0 Å². The first-order chi connectivity index (χ1) is 9.05. The zero-order valence-corrected chi connectivity index (χ0v) is 11.1. The van der Waals surface area contributed by atoms with Gasteiger partial charge in [0.05, 0.1) is 5.70 Å². The highest BCUT2D eigenvalue weighted by molar-refractivity contribution is 7.94. The summed E-state index contributed by atoms with van der Waals surface area (Å²) in [5.41, 5.74) is 1.72. The van der Waals surface area contributed by atoms with Crippen LogP contribution >= 0.6 is 0 Å². The van der Waals surface area contributed by atoms with Crippen LogP contribution in [0.25, 0.3) is 0 Å². The van der Waals surface area contributed by atoms with Crippen LogP contribution in [0.3, 0.4) is 0 Å². The second-order valence-corrected chi connectivity index (χ2v) is 6.29. The molecule has 1 aromatic carbocycles. The molecule has 0 aliphatic carbocycles. The van der Waals surface area contributed by atoms with Crippen LogP contribution in [0.2, 0.25) is 0 Å². The second kappa shape index (κ2) is 4.28. The highest BCUT2D eigenvalue weighted by Gasteiger charge is 2.31. The van der Waals surface area contributed by atoms with Gasteiger partial charge in [-0.2, -0.15) is 0 Å². The third-order valence-corrected chi connectivity index (χ3v) is 3.95. The minimum Gasteiger partial charge on any atom is -0.314 e. The summed E-state index contributed by atoms with van der Waals surface area (Å²) in [6.07, 6.45) is 8.21. The first-order valence-electron chi connectivity index (χ1n) is 5.77. The maximum Gasteiger partial charge on any atom is 0.218 e. The fraction of sp³-hybridized carbons (Fsp3) is 0.0714. The number of benzene rings is 1. The molecule has 96 valence electrons. The molecule has 1 aromatic rings. The largest absolute Gasteiger partial charge is 0.314 e. The molecule has 0 atom stereocenters. The summed E-state index contributed by atoms with van der Waals surface area (Å²) < 4.78 is 23.5. The molecule has 0 unspecified atom stereocenters. The molecule has 5 heteroatoms. The molecular weight excluding hydrogens is 260 g/mol. The molecule has 0 N–H and O–H groups in total. The van der Waals surface area contributed by atoms with Gasteiger partial charge in [0, 0.05) is 18.1 Å². The van der Waals surface area contributed by atoms with Gasteiger partial charge in [0.15, 0.2) is 9.84 Å². The van der Waals surface area contributed by atoms with E-state index in [2.05, 4.69) is 6.67 Å². The molecule has 4 nitrogen and oxygen atoms in total. The minimum atomic E-state index is -3.28. The normalized spacial score (nSPS) is 18.2. The Labute approximate surface area is 112 Å². The fourth-order valence-electron chi connectivity index (χ4n) is 1.99. The molecule has 0 saturated carbocycles. The Morgan fingerprint density at radius 3 is 2.58 bits per heavy atom. The van der Waals surface area contributed by atoms with Gasteiger partial charge in [-0.15, -0.1) is 0 Å². The Hall–Kier alpha value is -2.01. The topological polar surface area (TPSA) is 40.6 Å². The van der Waals surface area contributed by atoms with Gasteiger partial charge in [0.2, 0.25) is 6.67 Å². The molecule has 0 amide bonds. The number of sulfone groups is 1. The van der Waals surface area contributed by atoms with Crippen LogP contribution in [-0.4, -0.2) is 19.6 Å². The molecule has 0 bridgehead atoms. The Balaban J connectivity index is 1.95. The van der Waals surface area contributed by atoms with E-state index in [-0.39, 0.29) is 5.03 Å². The van der Waals surface area contributed by atoms with E-state index >= 15 is 0 Å². The average Bonchev–Trinajstić information content (AvgIpc) is 2.82. The van der Waals surface area contributed by atoms with Crippen molar-refractivity contribution in [3.63, 3.8) is 0 Å².